The average Bonchev–Trinajstić information content (AvgIpc) is 3.29. The summed E-state index contributed by atoms with van der Waals surface area (Å²) < 4.78 is 0. The van der Waals surface area contributed by atoms with E-state index in [-0.39, 0.29) is 30.9 Å². The number of hydrazine groups is 1. The van der Waals surface area contributed by atoms with Gasteiger partial charge in [-0.2, -0.15) is 0 Å². The predicted molar refractivity (Wildman–Crippen MR) is 114 cm³/mol. The van der Waals surface area contributed by atoms with Crippen molar-refractivity contribution in [1.82, 2.24) is 25.1 Å². The molecule has 3 fully saturated rings. The van der Waals surface area contributed by atoms with Crippen LogP contribution in [0.15, 0.2) is 30.3 Å². The number of amides is 4. The van der Waals surface area contributed by atoms with E-state index in [1.807, 2.05) is 30.3 Å². The lowest BCUT2D eigenvalue weighted by molar-refractivity contribution is -0.190. The first-order chi connectivity index (χ1) is 15.4. The van der Waals surface area contributed by atoms with Crippen molar-refractivity contribution < 1.29 is 24.3 Å². The molecule has 0 radical (unpaired) electrons. The molecule has 32 heavy (non-hydrogen) atoms. The van der Waals surface area contributed by atoms with Crippen LogP contribution in [0.3, 0.4) is 0 Å². The number of urea groups is 1. The van der Waals surface area contributed by atoms with E-state index in [1.165, 1.54) is 9.91 Å². The van der Waals surface area contributed by atoms with E-state index >= 15 is 0 Å². The van der Waals surface area contributed by atoms with Crippen molar-refractivity contribution in [2.24, 2.45) is 0 Å². The lowest BCUT2D eigenvalue weighted by Gasteiger charge is -2.55. The summed E-state index contributed by atoms with van der Waals surface area (Å²) >= 11 is 0. The maximum Gasteiger partial charge on any atom is 0.334 e. The lowest BCUT2D eigenvalue weighted by atomic mass is 10.0. The quantitative estimate of drug-likeness (QED) is 0.697. The zero-order valence-electron chi connectivity index (χ0n) is 18.1. The number of rotatable bonds is 5. The zero-order valence-corrected chi connectivity index (χ0v) is 18.1. The molecule has 2 atom stereocenters. The van der Waals surface area contributed by atoms with Crippen LogP contribution in [0.5, 0.6) is 0 Å². The lowest BCUT2D eigenvalue weighted by Crippen LogP contribution is -2.76. The number of hydrogen-bond donors (Lipinski definition) is 2. The molecule has 4 rings (SSSR count). The molecular formula is C22H29N5O5. The molecular weight excluding hydrogens is 414 g/mol. The SMILES string of the molecule is CN1CC(=O)N2[C@@H](CC(=O)O)C(=O)N(C3CCCC3)C[C@@H]2N1C(=O)NCc1ccccc1. The number of carboxylic acid groups (broad SMARTS) is 1. The van der Waals surface area contributed by atoms with Crippen LogP contribution in [0.1, 0.15) is 37.7 Å². The number of benzene rings is 1. The summed E-state index contributed by atoms with van der Waals surface area (Å²) in [6, 6.07) is 7.98. The first-order valence-corrected chi connectivity index (χ1v) is 11.0. The van der Waals surface area contributed by atoms with Crippen LogP contribution in [-0.2, 0) is 20.9 Å². The minimum absolute atomic E-state index is 0.0116. The molecule has 3 aliphatic rings. The highest BCUT2D eigenvalue weighted by atomic mass is 16.4. The van der Waals surface area contributed by atoms with Crippen molar-refractivity contribution >= 4 is 23.8 Å². The van der Waals surface area contributed by atoms with Crippen molar-refractivity contribution in [2.45, 2.75) is 56.9 Å². The number of carbonyl (C=O) groups is 4. The van der Waals surface area contributed by atoms with Crippen LogP contribution in [0.4, 0.5) is 4.79 Å². The second-order valence-corrected chi connectivity index (χ2v) is 8.63. The number of piperazine rings is 1. The Balaban J connectivity index is 1.60. The highest BCUT2D eigenvalue weighted by Crippen LogP contribution is 2.32. The van der Waals surface area contributed by atoms with Gasteiger partial charge in [0.15, 0.2) is 0 Å². The van der Waals surface area contributed by atoms with Gasteiger partial charge in [-0.25, -0.2) is 14.8 Å². The molecule has 1 aromatic carbocycles. The van der Waals surface area contributed by atoms with Gasteiger partial charge in [0, 0.05) is 19.6 Å². The van der Waals surface area contributed by atoms with Crippen LogP contribution >= 0.6 is 0 Å². The Morgan fingerprint density at radius 3 is 2.47 bits per heavy atom. The Labute approximate surface area is 186 Å². The molecule has 1 aliphatic carbocycles. The number of likely N-dealkylation sites (N-methyl/N-ethyl adjacent to an activating group) is 1. The Morgan fingerprint density at radius 1 is 1.12 bits per heavy atom. The highest BCUT2D eigenvalue weighted by molar-refractivity contribution is 5.93. The maximum absolute atomic E-state index is 13.3. The van der Waals surface area contributed by atoms with Crippen LogP contribution in [-0.4, -0.2) is 87.1 Å². The Hall–Kier alpha value is -3.14. The van der Waals surface area contributed by atoms with E-state index < -0.39 is 30.6 Å². The number of nitrogens with one attached hydrogen (secondary N) is 1. The van der Waals surface area contributed by atoms with Gasteiger partial charge < -0.3 is 20.2 Å². The standard InChI is InChI=1S/C22H29N5O5/c1-24-14-19(28)26-17(11-20(29)30)21(31)25(16-9-5-6-10-16)13-18(26)27(24)22(32)23-12-15-7-3-2-4-8-15/h2-4,7-8,16-18H,5-6,9-14H2,1H3,(H,23,32)(H,29,30)/t17-,18-/m0/s1. The van der Waals surface area contributed by atoms with E-state index in [9.17, 15) is 24.3 Å². The number of carbonyl (C=O) groups excluding carboxylic acids is 3. The second kappa shape index (κ2) is 9.15. The Bertz CT molecular complexity index is 888. The number of fused-ring (bicyclic) bond motifs is 1. The molecule has 4 amide bonds. The fourth-order valence-corrected chi connectivity index (χ4v) is 5.03. The Morgan fingerprint density at radius 2 is 1.81 bits per heavy atom. The third-order valence-corrected chi connectivity index (χ3v) is 6.52. The van der Waals surface area contributed by atoms with Crippen molar-refractivity contribution in [3.05, 3.63) is 35.9 Å². The number of hydrogen-bond acceptors (Lipinski definition) is 5. The number of nitrogens with zero attached hydrogens (tertiary/aromatic N) is 4. The third-order valence-electron chi connectivity index (χ3n) is 6.52. The molecule has 2 saturated heterocycles. The minimum Gasteiger partial charge on any atom is -0.481 e. The summed E-state index contributed by atoms with van der Waals surface area (Å²) in [5, 5.41) is 15.3. The van der Waals surface area contributed by atoms with E-state index in [4.69, 9.17) is 0 Å². The van der Waals surface area contributed by atoms with Gasteiger partial charge in [0.2, 0.25) is 11.8 Å². The first-order valence-electron chi connectivity index (χ1n) is 11.0. The van der Waals surface area contributed by atoms with Crippen molar-refractivity contribution in [2.75, 3.05) is 20.1 Å². The largest absolute Gasteiger partial charge is 0.481 e. The maximum atomic E-state index is 13.3. The van der Waals surface area contributed by atoms with Crippen molar-refractivity contribution in [3.63, 3.8) is 0 Å². The molecule has 0 unspecified atom stereocenters. The summed E-state index contributed by atoms with van der Waals surface area (Å²) in [7, 11) is 1.65. The van der Waals surface area contributed by atoms with Crippen LogP contribution in [0, 0.1) is 0 Å². The van der Waals surface area contributed by atoms with Crippen molar-refractivity contribution in [1.29, 1.82) is 0 Å². The Kier molecular flexibility index (Phi) is 6.31. The fourth-order valence-electron chi connectivity index (χ4n) is 5.03. The summed E-state index contributed by atoms with van der Waals surface area (Å²) in [4.78, 5) is 53.9. The molecule has 0 bridgehead atoms. The molecule has 0 aromatic heterocycles. The van der Waals surface area contributed by atoms with E-state index in [0.29, 0.717) is 6.54 Å². The summed E-state index contributed by atoms with van der Waals surface area (Å²) in [5.74, 6) is -1.84. The van der Waals surface area contributed by atoms with Gasteiger partial charge >= 0.3 is 12.0 Å². The van der Waals surface area contributed by atoms with Gasteiger partial charge in [-0.15, -0.1) is 0 Å². The fraction of sp³-hybridized carbons (Fsp3) is 0.545. The summed E-state index contributed by atoms with van der Waals surface area (Å²) in [6.07, 6.45) is 2.48. The normalized spacial score (nSPS) is 24.6. The summed E-state index contributed by atoms with van der Waals surface area (Å²) in [5.41, 5.74) is 0.934. The van der Waals surface area contributed by atoms with E-state index in [2.05, 4.69) is 5.32 Å². The third kappa shape index (κ3) is 4.27. The molecule has 10 heteroatoms. The molecule has 0 spiro atoms. The van der Waals surface area contributed by atoms with Crippen LogP contribution in [0.2, 0.25) is 0 Å². The molecule has 1 aromatic rings. The number of carboxylic acids is 1. The van der Waals surface area contributed by atoms with Gasteiger partial charge in [0.25, 0.3) is 0 Å². The average molecular weight is 444 g/mol. The molecule has 2 heterocycles. The molecule has 2 aliphatic heterocycles. The van der Waals surface area contributed by atoms with E-state index in [1.54, 1.807) is 17.0 Å². The van der Waals surface area contributed by atoms with Gasteiger partial charge in [0.05, 0.1) is 19.5 Å². The minimum atomic E-state index is -1.15. The zero-order chi connectivity index (χ0) is 22.8. The molecule has 2 N–H and O–H groups in total. The molecule has 172 valence electrons. The monoisotopic (exact) mass is 443 g/mol. The van der Waals surface area contributed by atoms with Crippen LogP contribution < -0.4 is 5.32 Å². The van der Waals surface area contributed by atoms with Gasteiger partial charge in [-0.05, 0) is 18.4 Å². The van der Waals surface area contributed by atoms with Gasteiger partial charge in [-0.3, -0.25) is 14.4 Å². The topological polar surface area (TPSA) is 114 Å². The smallest absolute Gasteiger partial charge is 0.334 e. The molecule has 10 nitrogen and oxygen atoms in total. The predicted octanol–water partition coefficient (Wildman–Crippen LogP) is 0.841. The van der Waals surface area contributed by atoms with E-state index in [0.717, 1.165) is 31.2 Å². The highest BCUT2D eigenvalue weighted by Gasteiger charge is 2.52. The second-order valence-electron chi connectivity index (χ2n) is 8.63. The summed E-state index contributed by atoms with van der Waals surface area (Å²) in [6.45, 7) is 0.380. The van der Waals surface area contributed by atoms with Crippen LogP contribution in [0.25, 0.3) is 0 Å². The van der Waals surface area contributed by atoms with Crippen molar-refractivity contribution in [3.8, 4) is 0 Å². The number of aliphatic carboxylic acids is 1. The molecule has 1 saturated carbocycles. The van der Waals surface area contributed by atoms with Gasteiger partial charge in [-0.1, -0.05) is 43.2 Å². The van der Waals surface area contributed by atoms with Gasteiger partial charge in [0.1, 0.15) is 12.2 Å². The first kappa shape index (κ1) is 22.1.